The lowest BCUT2D eigenvalue weighted by Crippen LogP contribution is -2.00. The molecule has 0 bridgehead atoms. The lowest BCUT2D eigenvalue weighted by atomic mass is 10.4. The minimum atomic E-state index is 0.358. The standard InChI is InChI=1S/C12H10Cl2N4/c1-8-9(14)7-18(16-8)12-10(6-13)17-5-3-2-4-11(17)15-12/h2-5,7H,6H2,1H3. The first-order valence-electron chi connectivity index (χ1n) is 5.45. The smallest absolute Gasteiger partial charge is 0.176 e. The van der Waals surface area contributed by atoms with Crippen LogP contribution in [0.25, 0.3) is 11.5 Å². The molecule has 6 heteroatoms. The number of alkyl halides is 1. The number of aromatic nitrogens is 4. The fourth-order valence-corrected chi connectivity index (χ4v) is 2.27. The summed E-state index contributed by atoms with van der Waals surface area (Å²) in [6.45, 7) is 1.86. The molecule has 0 saturated carbocycles. The van der Waals surface area contributed by atoms with Crippen LogP contribution in [0.2, 0.25) is 5.02 Å². The summed E-state index contributed by atoms with van der Waals surface area (Å²) in [7, 11) is 0. The molecule has 3 heterocycles. The third kappa shape index (κ3) is 1.69. The third-order valence-electron chi connectivity index (χ3n) is 2.79. The quantitative estimate of drug-likeness (QED) is 0.676. The molecule has 3 rings (SSSR count). The highest BCUT2D eigenvalue weighted by atomic mass is 35.5. The predicted octanol–water partition coefficient (Wildman–Crippen LogP) is 3.22. The summed E-state index contributed by atoms with van der Waals surface area (Å²) < 4.78 is 3.62. The molecule has 0 fully saturated rings. The highest BCUT2D eigenvalue weighted by Gasteiger charge is 2.14. The van der Waals surface area contributed by atoms with Crippen LogP contribution in [0.4, 0.5) is 0 Å². The third-order valence-corrected chi connectivity index (χ3v) is 3.41. The second-order valence-electron chi connectivity index (χ2n) is 3.95. The van der Waals surface area contributed by atoms with E-state index in [4.69, 9.17) is 23.2 Å². The Kier molecular flexibility index (Phi) is 2.76. The van der Waals surface area contributed by atoms with E-state index >= 15 is 0 Å². The van der Waals surface area contributed by atoms with Crippen molar-refractivity contribution in [3.63, 3.8) is 0 Å². The van der Waals surface area contributed by atoms with Gasteiger partial charge < -0.3 is 4.40 Å². The normalized spacial score (nSPS) is 11.3. The number of nitrogens with zero attached hydrogens (tertiary/aromatic N) is 4. The van der Waals surface area contributed by atoms with Gasteiger partial charge in [0.15, 0.2) is 5.82 Å². The zero-order chi connectivity index (χ0) is 12.7. The van der Waals surface area contributed by atoms with Crippen molar-refractivity contribution >= 4 is 28.8 Å². The molecule has 92 valence electrons. The van der Waals surface area contributed by atoms with Gasteiger partial charge in [0.1, 0.15) is 5.65 Å². The number of aryl methyl sites for hydroxylation is 1. The Bertz CT molecular complexity index is 695. The van der Waals surface area contributed by atoms with E-state index in [0.29, 0.717) is 16.7 Å². The molecule has 0 atom stereocenters. The van der Waals surface area contributed by atoms with E-state index in [1.807, 2.05) is 35.7 Å². The number of fused-ring (bicyclic) bond motifs is 1. The molecular formula is C12H10Cl2N4. The van der Waals surface area contributed by atoms with Crippen molar-refractivity contribution in [3.05, 3.63) is 47.0 Å². The zero-order valence-corrected chi connectivity index (χ0v) is 11.2. The summed E-state index contributed by atoms with van der Waals surface area (Å²) >= 11 is 12.0. The van der Waals surface area contributed by atoms with Crippen molar-refractivity contribution in [1.82, 2.24) is 19.2 Å². The average Bonchev–Trinajstić information content (AvgIpc) is 2.90. The molecule has 0 aromatic carbocycles. The van der Waals surface area contributed by atoms with Crippen LogP contribution >= 0.6 is 23.2 Å². The molecule has 0 N–H and O–H groups in total. The fraction of sp³-hybridized carbons (Fsp3) is 0.167. The summed E-state index contributed by atoms with van der Waals surface area (Å²) in [6, 6.07) is 5.80. The highest BCUT2D eigenvalue weighted by molar-refractivity contribution is 6.31. The van der Waals surface area contributed by atoms with Crippen LogP contribution in [0.15, 0.2) is 30.6 Å². The van der Waals surface area contributed by atoms with Crippen molar-refractivity contribution < 1.29 is 0 Å². The van der Waals surface area contributed by atoms with Gasteiger partial charge in [-0.3, -0.25) is 0 Å². The molecule has 3 aromatic heterocycles. The average molecular weight is 281 g/mol. The van der Waals surface area contributed by atoms with Crippen LogP contribution in [0.5, 0.6) is 0 Å². The number of pyridine rings is 1. The molecule has 4 nitrogen and oxygen atoms in total. The molecule has 0 amide bonds. The van der Waals surface area contributed by atoms with Crippen molar-refractivity contribution in [2.24, 2.45) is 0 Å². The van der Waals surface area contributed by atoms with Crippen LogP contribution < -0.4 is 0 Å². The summed E-state index contributed by atoms with van der Waals surface area (Å²) in [5.74, 6) is 1.07. The minimum Gasteiger partial charge on any atom is -0.301 e. The molecular weight excluding hydrogens is 271 g/mol. The molecule has 0 aliphatic rings. The van der Waals surface area contributed by atoms with Crippen molar-refractivity contribution in [2.45, 2.75) is 12.8 Å². The van der Waals surface area contributed by atoms with E-state index in [9.17, 15) is 0 Å². The number of rotatable bonds is 2. The van der Waals surface area contributed by atoms with Gasteiger partial charge in [-0.25, -0.2) is 9.67 Å². The molecule has 0 saturated heterocycles. The maximum atomic E-state index is 6.02. The van der Waals surface area contributed by atoms with Gasteiger partial charge in [0.2, 0.25) is 0 Å². The van der Waals surface area contributed by atoms with E-state index in [0.717, 1.165) is 17.0 Å². The second-order valence-corrected chi connectivity index (χ2v) is 4.63. The second kappa shape index (κ2) is 4.30. The van der Waals surface area contributed by atoms with Gasteiger partial charge in [0.25, 0.3) is 0 Å². The minimum absolute atomic E-state index is 0.358. The maximum Gasteiger partial charge on any atom is 0.176 e. The Morgan fingerprint density at radius 3 is 2.83 bits per heavy atom. The summed E-state index contributed by atoms with van der Waals surface area (Å²) in [4.78, 5) is 4.53. The monoisotopic (exact) mass is 280 g/mol. The van der Waals surface area contributed by atoms with Gasteiger partial charge in [0, 0.05) is 6.20 Å². The van der Waals surface area contributed by atoms with Crippen LogP contribution in [0.1, 0.15) is 11.4 Å². The number of imidazole rings is 1. The topological polar surface area (TPSA) is 35.1 Å². The van der Waals surface area contributed by atoms with E-state index in [1.54, 1.807) is 10.9 Å². The van der Waals surface area contributed by atoms with Gasteiger partial charge in [-0.1, -0.05) is 17.7 Å². The summed E-state index contributed by atoms with van der Waals surface area (Å²) in [5.41, 5.74) is 2.51. The molecule has 0 radical (unpaired) electrons. The van der Waals surface area contributed by atoms with Gasteiger partial charge in [0.05, 0.1) is 28.5 Å². The van der Waals surface area contributed by atoms with E-state index < -0.39 is 0 Å². The largest absolute Gasteiger partial charge is 0.301 e. The summed E-state index contributed by atoms with van der Waals surface area (Å²) in [5, 5.41) is 4.95. The Hall–Kier alpha value is -1.52. The molecule has 18 heavy (non-hydrogen) atoms. The summed E-state index contributed by atoms with van der Waals surface area (Å²) in [6.07, 6.45) is 3.68. The van der Waals surface area contributed by atoms with Gasteiger partial charge >= 0.3 is 0 Å². The lowest BCUT2D eigenvalue weighted by molar-refractivity contribution is 0.829. The number of halogens is 2. The van der Waals surface area contributed by atoms with Crippen molar-refractivity contribution in [2.75, 3.05) is 0 Å². The Labute approximate surface area is 114 Å². The Balaban J connectivity index is 2.28. The Morgan fingerprint density at radius 1 is 1.33 bits per heavy atom. The van der Waals surface area contributed by atoms with Gasteiger partial charge in [-0.15, -0.1) is 11.6 Å². The van der Waals surface area contributed by atoms with Crippen LogP contribution in [0, 0.1) is 6.92 Å². The molecule has 3 aromatic rings. The first kappa shape index (κ1) is 11.6. The van der Waals surface area contributed by atoms with E-state index in [2.05, 4.69) is 10.1 Å². The van der Waals surface area contributed by atoms with Gasteiger partial charge in [-0.2, -0.15) is 5.10 Å². The zero-order valence-electron chi connectivity index (χ0n) is 9.64. The number of hydrogen-bond donors (Lipinski definition) is 0. The SMILES string of the molecule is Cc1nn(-c2nc3ccccn3c2CCl)cc1Cl. The van der Waals surface area contributed by atoms with E-state index in [-0.39, 0.29) is 0 Å². The number of hydrogen-bond acceptors (Lipinski definition) is 2. The first-order valence-corrected chi connectivity index (χ1v) is 6.36. The molecule has 0 aliphatic heterocycles. The molecule has 0 aliphatic carbocycles. The van der Waals surface area contributed by atoms with Crippen LogP contribution in [0.3, 0.4) is 0 Å². The van der Waals surface area contributed by atoms with E-state index in [1.165, 1.54) is 0 Å². The predicted molar refractivity (Wildman–Crippen MR) is 71.6 cm³/mol. The van der Waals surface area contributed by atoms with Gasteiger partial charge in [-0.05, 0) is 19.1 Å². The first-order chi connectivity index (χ1) is 8.70. The van der Waals surface area contributed by atoms with Crippen LogP contribution in [-0.4, -0.2) is 19.2 Å². The fourth-order valence-electron chi connectivity index (χ4n) is 1.89. The van der Waals surface area contributed by atoms with Crippen molar-refractivity contribution in [3.8, 4) is 5.82 Å². The Morgan fingerprint density at radius 2 is 2.17 bits per heavy atom. The highest BCUT2D eigenvalue weighted by Crippen LogP contribution is 2.21. The lowest BCUT2D eigenvalue weighted by Gasteiger charge is -2.00. The van der Waals surface area contributed by atoms with Crippen LogP contribution in [-0.2, 0) is 5.88 Å². The molecule has 0 spiro atoms. The molecule has 0 unspecified atom stereocenters. The van der Waals surface area contributed by atoms with Crippen molar-refractivity contribution in [1.29, 1.82) is 0 Å². The maximum absolute atomic E-state index is 6.02.